The van der Waals surface area contributed by atoms with Gasteiger partial charge in [0.15, 0.2) is 5.82 Å². The Bertz CT molecular complexity index is 1560. The molecule has 2 heterocycles. The molecule has 0 spiro atoms. The van der Waals surface area contributed by atoms with Crippen LogP contribution in [0.15, 0.2) is 79.1 Å². The maximum atomic E-state index is 13.7. The van der Waals surface area contributed by atoms with Gasteiger partial charge in [-0.1, -0.05) is 23.7 Å². The summed E-state index contributed by atoms with van der Waals surface area (Å²) in [6, 6.07) is 21.8. The van der Waals surface area contributed by atoms with Crippen molar-refractivity contribution in [2.24, 2.45) is 0 Å². The minimum atomic E-state index is -0.491. The highest BCUT2D eigenvalue weighted by atomic mass is 35.5. The van der Waals surface area contributed by atoms with Crippen LogP contribution in [0, 0.1) is 24.1 Å². The fourth-order valence-electron chi connectivity index (χ4n) is 3.74. The number of halogens is 2. The Kier molecular flexibility index (Phi) is 5.62. The van der Waals surface area contributed by atoms with Crippen molar-refractivity contribution in [2.45, 2.75) is 6.92 Å². The summed E-state index contributed by atoms with van der Waals surface area (Å²) in [5.74, 6) is 0.588. The van der Waals surface area contributed by atoms with E-state index in [1.54, 1.807) is 30.6 Å². The van der Waals surface area contributed by atoms with Crippen molar-refractivity contribution in [1.29, 1.82) is 5.26 Å². The first-order valence-corrected chi connectivity index (χ1v) is 10.8. The summed E-state index contributed by atoms with van der Waals surface area (Å²) in [6.45, 7) is 1.99. The summed E-state index contributed by atoms with van der Waals surface area (Å²) in [5.41, 5.74) is 5.65. The van der Waals surface area contributed by atoms with E-state index in [0.717, 1.165) is 33.2 Å². The third-order valence-corrected chi connectivity index (χ3v) is 5.73. The lowest BCUT2D eigenvalue weighted by molar-refractivity contribution is 0.628. The molecular weight excluding hydrogens is 449 g/mol. The highest BCUT2D eigenvalue weighted by Crippen LogP contribution is 2.34. The second kappa shape index (κ2) is 8.89. The van der Waals surface area contributed by atoms with Gasteiger partial charge in [0.25, 0.3) is 0 Å². The minimum absolute atomic E-state index is 0.0188. The SMILES string of the molecule is Cc1cc(-c2ccc(C#N)cc2)cc2c(Nc3ccc(F)c(Cl)c3)nc(-c3cccnc3)nc12. The quantitative estimate of drug-likeness (QED) is 0.307. The normalized spacial score (nSPS) is 10.8. The molecule has 3 aromatic carbocycles. The fourth-order valence-corrected chi connectivity index (χ4v) is 3.92. The van der Waals surface area contributed by atoms with Gasteiger partial charge in [0, 0.05) is 29.0 Å². The van der Waals surface area contributed by atoms with E-state index in [2.05, 4.69) is 22.4 Å². The predicted molar refractivity (Wildman–Crippen MR) is 132 cm³/mol. The van der Waals surface area contributed by atoms with E-state index in [1.807, 2.05) is 37.3 Å². The Labute approximate surface area is 200 Å². The number of aromatic nitrogens is 3. The van der Waals surface area contributed by atoms with Crippen molar-refractivity contribution >= 4 is 34.0 Å². The third-order valence-electron chi connectivity index (χ3n) is 5.44. The molecule has 1 N–H and O–H groups in total. The van der Waals surface area contributed by atoms with Crippen LogP contribution in [0.25, 0.3) is 33.4 Å². The Morgan fingerprint density at radius 3 is 2.47 bits per heavy atom. The zero-order chi connectivity index (χ0) is 23.7. The van der Waals surface area contributed by atoms with E-state index in [9.17, 15) is 4.39 Å². The highest BCUT2D eigenvalue weighted by Gasteiger charge is 2.14. The van der Waals surface area contributed by atoms with Gasteiger partial charge in [-0.05, 0) is 78.2 Å². The van der Waals surface area contributed by atoms with E-state index in [-0.39, 0.29) is 5.02 Å². The van der Waals surface area contributed by atoms with Gasteiger partial charge in [-0.3, -0.25) is 4.98 Å². The Morgan fingerprint density at radius 2 is 1.76 bits per heavy atom. The molecule has 164 valence electrons. The van der Waals surface area contributed by atoms with E-state index >= 15 is 0 Å². The van der Waals surface area contributed by atoms with Crippen LogP contribution in [0.2, 0.25) is 5.02 Å². The highest BCUT2D eigenvalue weighted by molar-refractivity contribution is 6.31. The molecule has 5 rings (SSSR count). The maximum absolute atomic E-state index is 13.7. The number of nitrogens with one attached hydrogen (secondary N) is 1. The van der Waals surface area contributed by atoms with Crippen LogP contribution >= 0.6 is 11.6 Å². The summed E-state index contributed by atoms with van der Waals surface area (Å²) < 4.78 is 13.7. The second-order valence-corrected chi connectivity index (χ2v) is 8.18. The van der Waals surface area contributed by atoms with Crippen LogP contribution in [0.5, 0.6) is 0 Å². The molecule has 0 atom stereocenters. The van der Waals surface area contributed by atoms with Gasteiger partial charge in [0.05, 0.1) is 22.2 Å². The second-order valence-electron chi connectivity index (χ2n) is 7.77. The molecule has 0 unspecified atom stereocenters. The summed E-state index contributed by atoms with van der Waals surface area (Å²) >= 11 is 6.00. The minimum Gasteiger partial charge on any atom is -0.340 e. The van der Waals surface area contributed by atoms with Crippen molar-refractivity contribution in [1.82, 2.24) is 15.0 Å². The summed E-state index contributed by atoms with van der Waals surface area (Å²) in [7, 11) is 0. The molecule has 0 saturated heterocycles. The molecule has 2 aromatic heterocycles. The predicted octanol–water partition coefficient (Wildman–Crippen LogP) is 7.08. The topological polar surface area (TPSA) is 74.5 Å². The number of anilines is 2. The standard InChI is InChI=1S/C27H17ClFN5/c1-16-11-20(18-6-4-17(14-30)5-7-18)12-22-25(16)33-26(19-3-2-10-31-15-19)34-27(22)32-21-8-9-24(29)23(28)13-21/h2-13,15H,1H3,(H,32,33,34). The van der Waals surface area contributed by atoms with Gasteiger partial charge >= 0.3 is 0 Å². The van der Waals surface area contributed by atoms with Crippen molar-refractivity contribution in [3.8, 4) is 28.6 Å². The number of aryl methyl sites for hydroxylation is 1. The first kappa shape index (κ1) is 21.5. The Morgan fingerprint density at radius 1 is 0.941 bits per heavy atom. The monoisotopic (exact) mass is 465 g/mol. The first-order chi connectivity index (χ1) is 16.5. The van der Waals surface area contributed by atoms with Crippen molar-refractivity contribution in [2.75, 3.05) is 5.32 Å². The third kappa shape index (κ3) is 4.17. The van der Waals surface area contributed by atoms with E-state index in [0.29, 0.717) is 22.9 Å². The Hall–Kier alpha value is -4.34. The number of pyridine rings is 1. The molecular formula is C27H17ClFN5. The number of fused-ring (bicyclic) bond motifs is 1. The molecule has 0 aliphatic rings. The van der Waals surface area contributed by atoms with Crippen LogP contribution in [0.3, 0.4) is 0 Å². The van der Waals surface area contributed by atoms with Crippen molar-refractivity contribution < 1.29 is 4.39 Å². The van der Waals surface area contributed by atoms with Gasteiger partial charge in [-0.25, -0.2) is 14.4 Å². The lowest BCUT2D eigenvalue weighted by Gasteiger charge is -2.14. The lowest BCUT2D eigenvalue weighted by Crippen LogP contribution is -2.01. The largest absolute Gasteiger partial charge is 0.340 e. The summed E-state index contributed by atoms with van der Waals surface area (Å²) in [4.78, 5) is 13.8. The number of hydrogen-bond donors (Lipinski definition) is 1. The molecule has 0 saturated carbocycles. The number of rotatable bonds is 4. The van der Waals surface area contributed by atoms with Crippen molar-refractivity contribution in [3.05, 3.63) is 101 Å². The summed E-state index contributed by atoms with van der Waals surface area (Å²) in [6.07, 6.45) is 3.40. The molecule has 0 amide bonds. The van der Waals surface area contributed by atoms with Crippen LogP contribution in [0.1, 0.15) is 11.1 Å². The zero-order valence-electron chi connectivity index (χ0n) is 18.1. The molecule has 5 nitrogen and oxygen atoms in total. The van der Waals surface area contributed by atoms with E-state index in [4.69, 9.17) is 26.8 Å². The molecule has 0 radical (unpaired) electrons. The Balaban J connectivity index is 1.71. The molecule has 0 bridgehead atoms. The van der Waals surface area contributed by atoms with Gasteiger partial charge in [0.2, 0.25) is 0 Å². The number of nitrogens with zero attached hydrogens (tertiary/aromatic N) is 4. The van der Waals surface area contributed by atoms with Crippen LogP contribution in [-0.2, 0) is 0 Å². The molecule has 0 fully saturated rings. The molecule has 0 aliphatic heterocycles. The van der Waals surface area contributed by atoms with Gasteiger partial charge in [-0.2, -0.15) is 5.26 Å². The van der Waals surface area contributed by atoms with Crippen LogP contribution in [-0.4, -0.2) is 15.0 Å². The summed E-state index contributed by atoms with van der Waals surface area (Å²) in [5, 5.41) is 13.2. The molecule has 7 heteroatoms. The molecule has 34 heavy (non-hydrogen) atoms. The maximum Gasteiger partial charge on any atom is 0.163 e. The van der Waals surface area contributed by atoms with Crippen molar-refractivity contribution in [3.63, 3.8) is 0 Å². The number of nitriles is 1. The molecule has 0 aliphatic carbocycles. The average Bonchev–Trinajstić information content (AvgIpc) is 2.87. The smallest absolute Gasteiger partial charge is 0.163 e. The van der Waals surface area contributed by atoms with Gasteiger partial charge in [0.1, 0.15) is 11.6 Å². The zero-order valence-corrected chi connectivity index (χ0v) is 18.8. The fraction of sp³-hybridized carbons (Fsp3) is 0.0370. The lowest BCUT2D eigenvalue weighted by atomic mass is 9.99. The van der Waals surface area contributed by atoms with Crippen LogP contribution in [0.4, 0.5) is 15.9 Å². The van der Waals surface area contributed by atoms with Gasteiger partial charge < -0.3 is 5.32 Å². The van der Waals surface area contributed by atoms with Gasteiger partial charge in [-0.15, -0.1) is 0 Å². The number of hydrogen-bond acceptors (Lipinski definition) is 5. The van der Waals surface area contributed by atoms with E-state index < -0.39 is 5.82 Å². The number of benzene rings is 3. The first-order valence-electron chi connectivity index (χ1n) is 10.5. The average molecular weight is 466 g/mol. The molecule has 5 aromatic rings. The van der Waals surface area contributed by atoms with E-state index in [1.165, 1.54) is 12.1 Å². The van der Waals surface area contributed by atoms with Crippen LogP contribution < -0.4 is 5.32 Å².